The number of phenols is 1. The van der Waals surface area contributed by atoms with Crippen molar-refractivity contribution in [3.05, 3.63) is 65.7 Å². The zero-order valence-electron chi connectivity index (χ0n) is 69.8. The quantitative estimate of drug-likeness (QED) is 0.0166. The number of nitrogens with zero attached hydrogens (tertiary/aromatic N) is 3. The van der Waals surface area contributed by atoms with Crippen LogP contribution in [0.2, 0.25) is 0 Å². The molecule has 3 fully saturated rings. The molecule has 3 aliphatic rings. The van der Waals surface area contributed by atoms with E-state index in [4.69, 9.17) is 45.2 Å². The van der Waals surface area contributed by atoms with E-state index < -0.39 is 236 Å². The van der Waals surface area contributed by atoms with Crippen molar-refractivity contribution in [2.45, 2.75) is 221 Å². The van der Waals surface area contributed by atoms with Gasteiger partial charge in [0.25, 0.3) is 0 Å². The second-order valence-corrected chi connectivity index (χ2v) is 30.8. The van der Waals surface area contributed by atoms with Crippen molar-refractivity contribution in [3.8, 4) is 5.75 Å². The van der Waals surface area contributed by atoms with Crippen molar-refractivity contribution in [3.63, 3.8) is 0 Å². The number of primary amides is 3. The van der Waals surface area contributed by atoms with Crippen LogP contribution in [0.15, 0.2) is 54.6 Å². The number of hydrogen-bond acceptors (Lipinski definition) is 24. The average molecular weight is 1740 g/mol. The number of aliphatic hydroxyl groups is 2. The predicted molar refractivity (Wildman–Crippen MR) is 443 cm³/mol. The molecule has 46 heteroatoms. The highest BCUT2D eigenvalue weighted by Gasteiger charge is 2.42. The van der Waals surface area contributed by atoms with Crippen LogP contribution in [0.25, 0.3) is 0 Å². The zero-order chi connectivity index (χ0) is 91.9. The lowest BCUT2D eigenvalue weighted by Crippen LogP contribution is -2.61. The molecule has 0 spiro atoms. The van der Waals surface area contributed by atoms with Crippen molar-refractivity contribution in [2.24, 2.45) is 40.3 Å². The van der Waals surface area contributed by atoms with E-state index in [1.807, 2.05) is 0 Å². The number of aromatic hydroxyl groups is 1. The average Bonchev–Trinajstić information content (AvgIpc) is 1.50. The Kier molecular flexibility index (Phi) is 42.5. The topological polar surface area (TPSA) is 750 Å². The number of carbonyl (C=O) groups is 18. The van der Waals surface area contributed by atoms with Gasteiger partial charge in [0.05, 0.1) is 32.7 Å². The lowest BCUT2D eigenvalue weighted by atomic mass is 10.00. The minimum absolute atomic E-state index is 0.0304. The first-order valence-corrected chi connectivity index (χ1v) is 41.1. The van der Waals surface area contributed by atoms with Crippen molar-refractivity contribution < 1.29 is 102 Å². The molecular formula is C78H121N25O21. The van der Waals surface area contributed by atoms with E-state index in [0.717, 1.165) is 4.90 Å². The van der Waals surface area contributed by atoms with Gasteiger partial charge in [0.2, 0.25) is 106 Å². The fraction of sp³-hybridized carbons (Fsp3) is 0.590. The predicted octanol–water partition coefficient (Wildman–Crippen LogP) is -9.44. The van der Waals surface area contributed by atoms with Crippen LogP contribution in [-0.2, 0) is 99.1 Å². The number of hydrogen-bond donors (Lipinski definition) is 25. The number of aliphatic hydroxyl groups excluding tert-OH is 2. The summed E-state index contributed by atoms with van der Waals surface area (Å²) < 4.78 is 0. The molecule has 3 aliphatic heterocycles. The number of phenolic OH excluding ortho intramolecular Hbond substituents is 1. The number of likely N-dealkylation sites (tertiary alicyclic amines) is 3. The maximum Gasteiger partial charge on any atom is 0.245 e. The molecule has 0 aromatic heterocycles. The molecule has 0 radical (unpaired) electrons. The first kappa shape index (κ1) is 102. The van der Waals surface area contributed by atoms with Gasteiger partial charge in [0, 0.05) is 58.9 Å². The zero-order valence-corrected chi connectivity index (χ0v) is 69.8. The lowest BCUT2D eigenvalue weighted by Gasteiger charge is -2.29. The smallest absolute Gasteiger partial charge is 0.245 e. The first-order chi connectivity index (χ1) is 58.8. The Morgan fingerprint density at radius 1 is 0.427 bits per heavy atom. The highest BCUT2D eigenvalue weighted by Crippen LogP contribution is 2.23. The normalized spacial score (nSPS) is 17.1. The highest BCUT2D eigenvalue weighted by molar-refractivity contribution is 6.01. The van der Waals surface area contributed by atoms with Gasteiger partial charge in [0.1, 0.15) is 84.3 Å². The van der Waals surface area contributed by atoms with E-state index in [-0.39, 0.29) is 127 Å². The second-order valence-electron chi connectivity index (χ2n) is 30.8. The van der Waals surface area contributed by atoms with E-state index in [9.17, 15) is 102 Å². The third-order valence-corrected chi connectivity index (χ3v) is 20.6. The molecule has 0 bridgehead atoms. The summed E-state index contributed by atoms with van der Waals surface area (Å²) in [5, 5.41) is 80.8. The van der Waals surface area contributed by atoms with E-state index in [1.165, 1.54) is 41.0 Å². The molecule has 0 unspecified atom stereocenters. The van der Waals surface area contributed by atoms with E-state index >= 15 is 0 Å². The third kappa shape index (κ3) is 34.2. The molecule has 5 rings (SSSR count). The number of benzene rings is 2. The highest BCUT2D eigenvalue weighted by atomic mass is 16.3. The van der Waals surface area contributed by atoms with Gasteiger partial charge >= 0.3 is 0 Å². The molecule has 18 amide bonds. The summed E-state index contributed by atoms with van der Waals surface area (Å²) in [6.45, 7) is 1.64. The van der Waals surface area contributed by atoms with E-state index in [0.29, 0.717) is 43.4 Å². The fourth-order valence-electron chi connectivity index (χ4n) is 14.2. The summed E-state index contributed by atoms with van der Waals surface area (Å²) in [6.07, 6.45) is -0.236. The molecule has 3 heterocycles. The SMILES string of the molecule is CC(=O)N1CCC[C@H]1C(=O)N[C@@H](CO)C(=O)N[C@@H](Cc1ccc(O)cc1)C(=O)N[C@@H](CCCCN)C(=O)NCC(=O)N[C@@H](CCCNC(=N)N)C(=O)N1CCC[C@H]1C(=O)NCC(=O)N[C@@H](CC(N)=O)C(=O)N[C@@H](Cc1ccccc1)C(=O)N[C@@H](CC(C)C)C(=O)N[C@@H](CCC(N)=O)C(=O)N[C@@H](CO)C(=O)N[C@@H](CCCNC(=N)N)C(=O)N1CCC[C@H]1C(N)=O. The number of nitrogens with one attached hydrogen (secondary N) is 16. The number of guanidine groups is 2. The van der Waals surface area contributed by atoms with E-state index in [2.05, 4.69) is 74.4 Å². The maximum absolute atomic E-state index is 14.7. The van der Waals surface area contributed by atoms with Gasteiger partial charge in [-0.1, -0.05) is 56.3 Å². The van der Waals surface area contributed by atoms with Crippen LogP contribution in [0.5, 0.6) is 5.75 Å². The number of nitrogens with two attached hydrogens (primary N) is 6. The lowest BCUT2D eigenvalue weighted by molar-refractivity contribution is -0.142. The Morgan fingerprint density at radius 2 is 0.839 bits per heavy atom. The number of unbranched alkanes of at least 4 members (excludes halogenated alkanes) is 1. The molecule has 2 aromatic rings. The molecule has 3 saturated heterocycles. The number of amides is 18. The fourth-order valence-corrected chi connectivity index (χ4v) is 14.2. The molecule has 2 aromatic carbocycles. The summed E-state index contributed by atoms with van der Waals surface area (Å²) in [5.74, 6) is -17.9. The summed E-state index contributed by atoms with van der Waals surface area (Å²) in [7, 11) is 0. The molecule has 46 nitrogen and oxygen atoms in total. The minimum Gasteiger partial charge on any atom is -0.508 e. The summed E-state index contributed by atoms with van der Waals surface area (Å²) in [5.41, 5.74) is 34.2. The van der Waals surface area contributed by atoms with Gasteiger partial charge in [0.15, 0.2) is 11.9 Å². The van der Waals surface area contributed by atoms with Crippen LogP contribution in [0.4, 0.5) is 0 Å². The van der Waals surface area contributed by atoms with Crippen LogP contribution < -0.4 is 109 Å². The third-order valence-electron chi connectivity index (χ3n) is 20.6. The number of carbonyl (C=O) groups excluding carboxylic acids is 18. The molecule has 124 heavy (non-hydrogen) atoms. The molecule has 684 valence electrons. The van der Waals surface area contributed by atoms with Gasteiger partial charge in [-0.3, -0.25) is 97.1 Å². The monoisotopic (exact) mass is 1740 g/mol. The van der Waals surface area contributed by atoms with Gasteiger partial charge in [-0.15, -0.1) is 0 Å². The largest absolute Gasteiger partial charge is 0.508 e. The Balaban J connectivity index is 1.28. The van der Waals surface area contributed by atoms with E-state index in [1.54, 1.807) is 44.2 Å². The summed E-state index contributed by atoms with van der Waals surface area (Å²) in [6, 6.07) is -5.32. The summed E-state index contributed by atoms with van der Waals surface area (Å²) >= 11 is 0. The van der Waals surface area contributed by atoms with Crippen molar-refractivity contribution in [1.82, 2.24) is 89.1 Å². The van der Waals surface area contributed by atoms with Crippen molar-refractivity contribution in [2.75, 3.05) is 65.6 Å². The second kappa shape index (κ2) is 51.8. The Morgan fingerprint density at radius 3 is 1.34 bits per heavy atom. The molecule has 31 N–H and O–H groups in total. The first-order valence-electron chi connectivity index (χ1n) is 41.1. The van der Waals surface area contributed by atoms with Crippen LogP contribution in [0.1, 0.15) is 141 Å². The Bertz CT molecular complexity index is 4090. The van der Waals surface area contributed by atoms with Crippen LogP contribution in [0.3, 0.4) is 0 Å². The Labute approximate surface area is 715 Å². The van der Waals surface area contributed by atoms with Gasteiger partial charge < -0.3 is 139 Å². The van der Waals surface area contributed by atoms with Crippen LogP contribution in [-0.4, -0.2) is 292 Å². The molecule has 0 saturated carbocycles. The maximum atomic E-state index is 14.7. The molecule has 13 atom stereocenters. The van der Waals surface area contributed by atoms with Crippen molar-refractivity contribution >= 4 is 118 Å². The minimum atomic E-state index is -1.84. The molecular weight excluding hydrogens is 1620 g/mol. The van der Waals surface area contributed by atoms with Crippen molar-refractivity contribution in [1.29, 1.82) is 10.8 Å². The van der Waals surface area contributed by atoms with Crippen LogP contribution >= 0.6 is 0 Å². The molecule has 0 aliphatic carbocycles. The Hall–Kier alpha value is -12.9. The standard InChI is InChI=1S/C78H121N25O21/c1-42(2)34-51(67(115)94-48(26-27-60(80)108)66(114)99-55(40-104)71(119)95-50(18-10-30-88-78(85)86)76(124)102-32-11-19-57(102)64(82)112)96-69(117)52(35-44-14-5-4-6-15-44)97-70(118)54(37-61(81)109)92-63(111)39-90-73(121)58-20-13-33-103(58)75(123)49(17-9-29-87-77(83)84)91-62(110)38-89-65(113)47(16-7-8-28-79)93-68(116)53(36-45-22-24-46(107)25-23-45)98-72(120)56(41-105)100-74(122)59-21-12-31-101(59)43(3)106/h4-6,14-15,22-25,42,47-59,104-105,107H,7-13,16-21,26-41,79H2,1-3H3,(H2,80,108)(H2,81,109)(H2,82,112)(H,89,113)(H,90,121)(H,91,110)(H,92,111)(H,93,116)(H,94,115)(H,95,119)(H,96,117)(H,97,118)(H,98,120)(H,99,114)(H,100,122)(H4,83,84,87)(H4,85,86,88)/t47-,48-,49-,50-,51-,52-,53-,54-,55-,56-,57-,58-,59-/m0/s1. The number of rotatable bonds is 52. The van der Waals surface area contributed by atoms with Gasteiger partial charge in [-0.25, -0.2) is 0 Å². The van der Waals surface area contributed by atoms with Crippen LogP contribution in [0, 0.1) is 16.7 Å². The van der Waals surface area contributed by atoms with Gasteiger partial charge in [-0.2, -0.15) is 0 Å². The summed E-state index contributed by atoms with van der Waals surface area (Å²) in [4.78, 5) is 250. The van der Waals surface area contributed by atoms with Gasteiger partial charge in [-0.05, 0) is 132 Å².